The molecule has 1 amide bonds. The first kappa shape index (κ1) is 21.6. The first-order valence-corrected chi connectivity index (χ1v) is 11.1. The first-order valence-electron chi connectivity index (χ1n) is 10.1. The van der Waals surface area contributed by atoms with Crippen molar-refractivity contribution in [1.29, 1.82) is 0 Å². The van der Waals surface area contributed by atoms with Crippen molar-refractivity contribution in [3.8, 4) is 11.4 Å². The fourth-order valence-electron chi connectivity index (χ4n) is 3.32. The minimum atomic E-state index is -0.111. The summed E-state index contributed by atoms with van der Waals surface area (Å²) in [6.07, 6.45) is 3.43. The van der Waals surface area contributed by atoms with Crippen LogP contribution in [0.1, 0.15) is 27.3 Å². The Morgan fingerprint density at radius 2 is 1.78 bits per heavy atom. The van der Waals surface area contributed by atoms with E-state index in [1.54, 1.807) is 19.5 Å². The largest absolute Gasteiger partial charge is 0.495 e. The summed E-state index contributed by atoms with van der Waals surface area (Å²) in [5.74, 6) is 1.97. The van der Waals surface area contributed by atoms with Gasteiger partial charge in [-0.2, -0.15) is 0 Å². The summed E-state index contributed by atoms with van der Waals surface area (Å²) < 4.78 is 7.48. The predicted molar refractivity (Wildman–Crippen MR) is 124 cm³/mol. The summed E-state index contributed by atoms with van der Waals surface area (Å²) in [4.78, 5) is 16.8. The van der Waals surface area contributed by atoms with Gasteiger partial charge in [-0.25, -0.2) is 0 Å². The molecule has 0 spiro atoms. The van der Waals surface area contributed by atoms with Crippen LogP contribution in [0.15, 0.2) is 78.2 Å². The lowest BCUT2D eigenvalue weighted by Gasteiger charge is -2.13. The summed E-state index contributed by atoms with van der Waals surface area (Å²) in [6.45, 7) is 2.36. The third kappa shape index (κ3) is 4.81. The van der Waals surface area contributed by atoms with Gasteiger partial charge in [-0.15, -0.1) is 10.2 Å². The van der Waals surface area contributed by atoms with E-state index in [1.807, 2.05) is 72.2 Å². The molecule has 0 radical (unpaired) electrons. The van der Waals surface area contributed by atoms with Crippen LogP contribution < -0.4 is 10.1 Å². The number of hydrogen-bond donors (Lipinski definition) is 1. The Morgan fingerprint density at radius 3 is 2.59 bits per heavy atom. The molecular weight excluding hydrogens is 422 g/mol. The molecule has 2 aromatic heterocycles. The number of rotatable bonds is 8. The summed E-state index contributed by atoms with van der Waals surface area (Å²) in [7, 11) is 1.64. The molecule has 2 aromatic carbocycles. The Labute approximate surface area is 190 Å². The Morgan fingerprint density at radius 1 is 1.03 bits per heavy atom. The summed E-state index contributed by atoms with van der Waals surface area (Å²) in [5, 5.41) is 12.3. The Kier molecular flexibility index (Phi) is 6.81. The lowest BCUT2D eigenvalue weighted by molar-refractivity contribution is 0.0950. The number of hydrogen-bond acceptors (Lipinski definition) is 6. The van der Waals surface area contributed by atoms with Crippen LogP contribution in [0.4, 0.5) is 0 Å². The number of amides is 1. The van der Waals surface area contributed by atoms with E-state index in [2.05, 4.69) is 20.5 Å². The number of aryl methyl sites for hydroxylation is 1. The van der Waals surface area contributed by atoms with E-state index in [1.165, 1.54) is 11.8 Å². The number of para-hydroxylation sites is 2. The van der Waals surface area contributed by atoms with Crippen molar-refractivity contribution >= 4 is 17.7 Å². The lowest BCUT2D eigenvalue weighted by Crippen LogP contribution is -2.23. The monoisotopic (exact) mass is 445 g/mol. The number of pyridine rings is 1. The quantitative estimate of drug-likeness (QED) is 0.409. The highest BCUT2D eigenvalue weighted by Gasteiger charge is 2.17. The second-order valence-electron chi connectivity index (χ2n) is 7.02. The number of nitrogens with one attached hydrogen (secondary N) is 1. The zero-order valence-corrected chi connectivity index (χ0v) is 18.7. The predicted octanol–water partition coefficient (Wildman–Crippen LogP) is 4.20. The Hall–Kier alpha value is -3.65. The van der Waals surface area contributed by atoms with Gasteiger partial charge in [0.2, 0.25) is 0 Å². The molecule has 0 aliphatic rings. The van der Waals surface area contributed by atoms with Gasteiger partial charge in [-0.1, -0.05) is 42.1 Å². The van der Waals surface area contributed by atoms with Gasteiger partial charge in [0.05, 0.1) is 12.8 Å². The third-order valence-corrected chi connectivity index (χ3v) is 5.92. The number of benzene rings is 2. The molecule has 2 heterocycles. The molecule has 1 N–H and O–H groups in total. The zero-order valence-electron chi connectivity index (χ0n) is 17.9. The second kappa shape index (κ2) is 10.1. The Bertz CT molecular complexity index is 1210. The molecule has 0 unspecified atom stereocenters. The van der Waals surface area contributed by atoms with Crippen molar-refractivity contribution in [2.24, 2.45) is 0 Å². The zero-order chi connectivity index (χ0) is 22.3. The molecule has 32 heavy (non-hydrogen) atoms. The number of carbonyl (C=O) groups excluding carboxylic acids is 1. The van der Waals surface area contributed by atoms with Crippen LogP contribution in [0.3, 0.4) is 0 Å². The summed E-state index contributed by atoms with van der Waals surface area (Å²) in [6, 6.07) is 19.1. The molecule has 0 atom stereocenters. The van der Waals surface area contributed by atoms with E-state index in [4.69, 9.17) is 4.74 Å². The first-order chi connectivity index (χ1) is 15.7. The highest BCUT2D eigenvalue weighted by Crippen LogP contribution is 2.30. The number of nitrogens with zero attached hydrogens (tertiary/aromatic N) is 4. The van der Waals surface area contributed by atoms with E-state index in [0.29, 0.717) is 17.9 Å². The molecule has 0 fully saturated rings. The van der Waals surface area contributed by atoms with Crippen LogP contribution in [0.5, 0.6) is 5.75 Å². The Balaban J connectivity index is 1.52. The van der Waals surface area contributed by atoms with Gasteiger partial charge in [-0.3, -0.25) is 14.3 Å². The van der Waals surface area contributed by atoms with Crippen molar-refractivity contribution in [2.45, 2.75) is 24.4 Å². The maximum Gasteiger partial charge on any atom is 0.251 e. The molecule has 0 aliphatic heterocycles. The van der Waals surface area contributed by atoms with Gasteiger partial charge in [0.25, 0.3) is 5.91 Å². The highest BCUT2D eigenvalue weighted by molar-refractivity contribution is 7.98. The average Bonchev–Trinajstić information content (AvgIpc) is 3.22. The third-order valence-electron chi connectivity index (χ3n) is 4.94. The fourth-order valence-corrected chi connectivity index (χ4v) is 4.31. The van der Waals surface area contributed by atoms with Crippen LogP contribution >= 0.6 is 11.8 Å². The van der Waals surface area contributed by atoms with Gasteiger partial charge in [0.1, 0.15) is 11.6 Å². The average molecular weight is 446 g/mol. The number of thioether (sulfide) groups is 1. The van der Waals surface area contributed by atoms with Gasteiger partial charge in [0.15, 0.2) is 5.16 Å². The van der Waals surface area contributed by atoms with Crippen molar-refractivity contribution < 1.29 is 9.53 Å². The van der Waals surface area contributed by atoms with Crippen LogP contribution in [0.25, 0.3) is 5.69 Å². The van der Waals surface area contributed by atoms with E-state index in [9.17, 15) is 4.79 Å². The van der Waals surface area contributed by atoms with E-state index < -0.39 is 0 Å². The molecule has 162 valence electrons. The molecule has 4 rings (SSSR count). The topological polar surface area (TPSA) is 81.9 Å². The van der Waals surface area contributed by atoms with E-state index >= 15 is 0 Å². The molecule has 0 saturated carbocycles. The fraction of sp³-hybridized carbons (Fsp3) is 0.167. The highest BCUT2D eigenvalue weighted by atomic mass is 32.2. The molecule has 0 saturated heterocycles. The van der Waals surface area contributed by atoms with E-state index in [0.717, 1.165) is 33.5 Å². The molecule has 4 aromatic rings. The normalized spacial score (nSPS) is 10.7. The molecule has 8 heteroatoms. The van der Waals surface area contributed by atoms with Gasteiger partial charge in [0, 0.05) is 30.3 Å². The minimum Gasteiger partial charge on any atom is -0.495 e. The lowest BCUT2D eigenvalue weighted by atomic mass is 10.1. The van der Waals surface area contributed by atoms with Crippen LogP contribution in [-0.4, -0.2) is 32.8 Å². The van der Waals surface area contributed by atoms with E-state index in [-0.39, 0.29) is 5.91 Å². The molecular formula is C24H23N5O2S. The smallest absolute Gasteiger partial charge is 0.251 e. The standard InChI is InChI=1S/C24H23N5O2S/c1-17-27-28-24(29(17)21-9-5-6-10-22(21)31-2)32-16-19-7-3-4-8-20(19)23(30)26-15-18-11-13-25-14-12-18/h3-14H,15-16H2,1-2H3,(H,26,30). The van der Waals surface area contributed by atoms with Crippen molar-refractivity contribution in [3.05, 3.63) is 95.6 Å². The molecule has 0 bridgehead atoms. The van der Waals surface area contributed by atoms with Gasteiger partial charge < -0.3 is 10.1 Å². The maximum atomic E-state index is 12.8. The molecule has 7 nitrogen and oxygen atoms in total. The second-order valence-corrected chi connectivity index (χ2v) is 7.96. The summed E-state index contributed by atoms with van der Waals surface area (Å²) in [5.41, 5.74) is 3.45. The summed E-state index contributed by atoms with van der Waals surface area (Å²) >= 11 is 1.53. The number of aromatic nitrogens is 4. The van der Waals surface area contributed by atoms with Gasteiger partial charge in [-0.05, 0) is 48.4 Å². The number of ether oxygens (including phenoxy) is 1. The van der Waals surface area contributed by atoms with Crippen molar-refractivity contribution in [2.75, 3.05) is 7.11 Å². The number of carbonyl (C=O) groups is 1. The SMILES string of the molecule is COc1ccccc1-n1c(C)nnc1SCc1ccccc1C(=O)NCc1ccncc1. The maximum absolute atomic E-state index is 12.8. The van der Waals surface area contributed by atoms with Crippen molar-refractivity contribution in [3.63, 3.8) is 0 Å². The van der Waals surface area contributed by atoms with Crippen LogP contribution in [0.2, 0.25) is 0 Å². The van der Waals surface area contributed by atoms with Crippen LogP contribution in [-0.2, 0) is 12.3 Å². The minimum absolute atomic E-state index is 0.111. The number of methoxy groups -OCH3 is 1. The van der Waals surface area contributed by atoms with Gasteiger partial charge >= 0.3 is 0 Å². The van der Waals surface area contributed by atoms with Crippen LogP contribution in [0, 0.1) is 6.92 Å². The molecule has 0 aliphatic carbocycles. The van der Waals surface area contributed by atoms with Crippen molar-refractivity contribution in [1.82, 2.24) is 25.1 Å².